The Kier molecular flexibility index (Phi) is 5.53. The van der Waals surface area contributed by atoms with Gasteiger partial charge in [0.05, 0.1) is 6.54 Å². The SMILES string of the molecule is Cc1ccc(NC(=O)NCCNc2[nH+]c3c(C)cccc3cc2C#N)cc1. The van der Waals surface area contributed by atoms with Gasteiger partial charge in [-0.15, -0.1) is 0 Å². The van der Waals surface area contributed by atoms with Gasteiger partial charge in [-0.2, -0.15) is 5.26 Å². The predicted molar refractivity (Wildman–Crippen MR) is 107 cm³/mol. The molecular formula is C21H22N5O+. The van der Waals surface area contributed by atoms with Gasteiger partial charge < -0.3 is 10.6 Å². The number of anilines is 2. The molecule has 3 rings (SSSR count). The fourth-order valence-corrected chi connectivity index (χ4v) is 2.80. The Morgan fingerprint density at radius 2 is 1.89 bits per heavy atom. The molecule has 0 atom stereocenters. The van der Waals surface area contributed by atoms with E-state index in [1.807, 2.05) is 62.4 Å². The van der Waals surface area contributed by atoms with Crippen LogP contribution < -0.4 is 20.9 Å². The third-order valence-electron chi connectivity index (χ3n) is 4.27. The van der Waals surface area contributed by atoms with Crippen molar-refractivity contribution >= 4 is 28.4 Å². The topological polar surface area (TPSA) is 91.1 Å². The minimum atomic E-state index is -0.264. The quantitative estimate of drug-likeness (QED) is 0.609. The summed E-state index contributed by atoms with van der Waals surface area (Å²) in [5.74, 6) is 0.653. The van der Waals surface area contributed by atoms with Crippen molar-refractivity contribution in [1.82, 2.24) is 5.32 Å². The number of carbonyl (C=O) groups excluding carboxylic acids is 1. The Labute approximate surface area is 158 Å². The van der Waals surface area contributed by atoms with E-state index < -0.39 is 0 Å². The molecule has 6 heteroatoms. The first-order chi connectivity index (χ1) is 13.1. The van der Waals surface area contributed by atoms with Gasteiger partial charge in [0.15, 0.2) is 0 Å². The normalized spacial score (nSPS) is 10.3. The third kappa shape index (κ3) is 4.53. The van der Waals surface area contributed by atoms with Crippen molar-refractivity contribution in [3.63, 3.8) is 0 Å². The molecule has 0 saturated heterocycles. The second-order valence-electron chi connectivity index (χ2n) is 6.38. The van der Waals surface area contributed by atoms with Crippen molar-refractivity contribution in [1.29, 1.82) is 5.26 Å². The van der Waals surface area contributed by atoms with Crippen molar-refractivity contribution in [3.05, 3.63) is 65.2 Å². The number of aryl methyl sites for hydroxylation is 2. The number of aromatic nitrogens is 1. The first-order valence-corrected chi connectivity index (χ1v) is 8.78. The summed E-state index contributed by atoms with van der Waals surface area (Å²) in [7, 11) is 0. The van der Waals surface area contributed by atoms with Gasteiger partial charge in [0.25, 0.3) is 5.82 Å². The van der Waals surface area contributed by atoms with E-state index in [9.17, 15) is 10.1 Å². The van der Waals surface area contributed by atoms with Crippen LogP contribution in [0.3, 0.4) is 0 Å². The largest absolute Gasteiger partial charge is 0.334 e. The number of carbonyl (C=O) groups is 1. The van der Waals surface area contributed by atoms with Crippen LogP contribution in [0.25, 0.3) is 10.9 Å². The number of hydrogen-bond acceptors (Lipinski definition) is 3. The summed E-state index contributed by atoms with van der Waals surface area (Å²) < 4.78 is 0. The number of benzene rings is 2. The number of nitriles is 1. The van der Waals surface area contributed by atoms with Gasteiger partial charge in [0, 0.05) is 11.1 Å². The average molecular weight is 360 g/mol. The molecule has 0 saturated carbocycles. The lowest BCUT2D eigenvalue weighted by Gasteiger charge is -2.08. The second-order valence-corrected chi connectivity index (χ2v) is 6.38. The molecule has 1 aromatic heterocycles. The maximum absolute atomic E-state index is 11.9. The van der Waals surface area contributed by atoms with Crippen LogP contribution >= 0.6 is 0 Å². The van der Waals surface area contributed by atoms with Gasteiger partial charge in [-0.3, -0.25) is 5.32 Å². The highest BCUT2D eigenvalue weighted by Gasteiger charge is 2.13. The Balaban J connectivity index is 1.57. The molecule has 4 N–H and O–H groups in total. The number of aromatic amines is 1. The average Bonchev–Trinajstić information content (AvgIpc) is 2.67. The molecule has 0 aliphatic rings. The minimum Gasteiger partial charge on any atom is -0.334 e. The predicted octanol–water partition coefficient (Wildman–Crippen LogP) is 3.38. The lowest BCUT2D eigenvalue weighted by atomic mass is 10.1. The number of fused-ring (bicyclic) bond motifs is 1. The number of para-hydroxylation sites is 1. The number of amides is 2. The number of hydrogen-bond donors (Lipinski definition) is 3. The molecule has 0 aliphatic carbocycles. The Hall–Kier alpha value is -3.59. The summed E-state index contributed by atoms with van der Waals surface area (Å²) in [6.45, 7) is 4.92. The van der Waals surface area contributed by atoms with Crippen LogP contribution in [0, 0.1) is 25.2 Å². The van der Waals surface area contributed by atoms with E-state index in [-0.39, 0.29) is 6.03 Å². The molecule has 0 aliphatic heterocycles. The number of pyridine rings is 1. The van der Waals surface area contributed by atoms with Gasteiger partial charge >= 0.3 is 6.03 Å². The van der Waals surface area contributed by atoms with Crippen LogP contribution in [0.2, 0.25) is 0 Å². The number of rotatable bonds is 5. The molecule has 0 radical (unpaired) electrons. The number of nitrogens with one attached hydrogen (secondary N) is 4. The molecular weight excluding hydrogens is 338 g/mol. The summed E-state index contributed by atoms with van der Waals surface area (Å²) in [6, 6.07) is 17.4. The minimum absolute atomic E-state index is 0.264. The highest BCUT2D eigenvalue weighted by atomic mass is 16.2. The molecule has 2 aromatic carbocycles. The zero-order valence-electron chi connectivity index (χ0n) is 15.4. The van der Waals surface area contributed by atoms with Crippen LogP contribution in [-0.4, -0.2) is 19.1 Å². The highest BCUT2D eigenvalue weighted by Crippen LogP contribution is 2.18. The fraction of sp³-hybridized carbons (Fsp3) is 0.190. The Morgan fingerprint density at radius 1 is 1.11 bits per heavy atom. The maximum atomic E-state index is 11.9. The van der Waals surface area contributed by atoms with Crippen LogP contribution in [0.1, 0.15) is 16.7 Å². The van der Waals surface area contributed by atoms with E-state index in [1.54, 1.807) is 0 Å². The molecule has 27 heavy (non-hydrogen) atoms. The fourth-order valence-electron chi connectivity index (χ4n) is 2.80. The number of nitrogens with zero attached hydrogens (tertiary/aromatic N) is 1. The first-order valence-electron chi connectivity index (χ1n) is 8.78. The summed E-state index contributed by atoms with van der Waals surface area (Å²) in [5, 5.41) is 19.1. The highest BCUT2D eigenvalue weighted by molar-refractivity contribution is 5.89. The van der Waals surface area contributed by atoms with Crippen LogP contribution in [0.5, 0.6) is 0 Å². The molecule has 0 fully saturated rings. The van der Waals surface area contributed by atoms with E-state index in [2.05, 4.69) is 27.0 Å². The van der Waals surface area contributed by atoms with Crippen molar-refractivity contribution in [2.24, 2.45) is 0 Å². The smallest absolute Gasteiger partial charge is 0.319 e. The molecule has 0 bridgehead atoms. The van der Waals surface area contributed by atoms with E-state index in [0.717, 1.165) is 27.7 Å². The standard InChI is InChI=1S/C21H21N5O/c1-14-6-8-18(9-7-14)25-21(27)24-11-10-23-20-17(13-22)12-16-5-3-4-15(2)19(16)26-20/h3-9,12H,10-11H2,1-2H3,(H,23,26)(H2,24,25,27)/p+1. The zero-order chi connectivity index (χ0) is 19.2. The van der Waals surface area contributed by atoms with E-state index >= 15 is 0 Å². The van der Waals surface area contributed by atoms with Gasteiger partial charge in [0.2, 0.25) is 0 Å². The lowest BCUT2D eigenvalue weighted by molar-refractivity contribution is -0.328. The summed E-state index contributed by atoms with van der Waals surface area (Å²) in [6.07, 6.45) is 0. The molecule has 2 amide bonds. The number of urea groups is 1. The number of H-pyrrole nitrogens is 1. The molecule has 0 spiro atoms. The van der Waals surface area contributed by atoms with Gasteiger partial charge in [-0.05, 0) is 37.6 Å². The van der Waals surface area contributed by atoms with Crippen LogP contribution in [0.15, 0.2) is 48.5 Å². The Bertz CT molecular complexity index is 1010. The second kappa shape index (κ2) is 8.19. The molecule has 1 heterocycles. The summed E-state index contributed by atoms with van der Waals surface area (Å²) >= 11 is 0. The van der Waals surface area contributed by atoms with E-state index in [1.165, 1.54) is 0 Å². The van der Waals surface area contributed by atoms with Gasteiger partial charge in [-0.1, -0.05) is 35.9 Å². The van der Waals surface area contributed by atoms with Crippen LogP contribution in [0.4, 0.5) is 16.3 Å². The zero-order valence-corrected chi connectivity index (χ0v) is 15.4. The summed E-state index contributed by atoms with van der Waals surface area (Å²) in [4.78, 5) is 15.2. The maximum Gasteiger partial charge on any atom is 0.319 e. The van der Waals surface area contributed by atoms with E-state index in [0.29, 0.717) is 24.5 Å². The molecule has 136 valence electrons. The van der Waals surface area contributed by atoms with Gasteiger partial charge in [-0.25, -0.2) is 9.78 Å². The van der Waals surface area contributed by atoms with E-state index in [4.69, 9.17) is 0 Å². The third-order valence-corrected chi connectivity index (χ3v) is 4.27. The first kappa shape index (κ1) is 18.2. The van der Waals surface area contributed by atoms with Crippen LogP contribution in [-0.2, 0) is 0 Å². The molecule has 6 nitrogen and oxygen atoms in total. The van der Waals surface area contributed by atoms with Crippen molar-refractivity contribution < 1.29 is 9.78 Å². The Morgan fingerprint density at radius 3 is 2.63 bits per heavy atom. The van der Waals surface area contributed by atoms with Gasteiger partial charge in [0.1, 0.15) is 23.7 Å². The van der Waals surface area contributed by atoms with Crippen molar-refractivity contribution in [3.8, 4) is 6.07 Å². The molecule has 0 unspecified atom stereocenters. The van der Waals surface area contributed by atoms with Crippen molar-refractivity contribution in [2.75, 3.05) is 23.7 Å². The monoisotopic (exact) mass is 360 g/mol. The van der Waals surface area contributed by atoms with Crippen molar-refractivity contribution in [2.45, 2.75) is 13.8 Å². The lowest BCUT2D eigenvalue weighted by Crippen LogP contribution is -2.33. The summed E-state index contributed by atoms with van der Waals surface area (Å²) in [5.41, 5.74) is 4.52. The molecule has 3 aromatic rings.